The molecular formula is C21H26N6O4S. The van der Waals surface area contributed by atoms with Crippen LogP contribution < -0.4 is 21.1 Å². The van der Waals surface area contributed by atoms with Crippen molar-refractivity contribution in [1.82, 2.24) is 25.2 Å². The number of hydrogen-bond acceptors (Lipinski definition) is 8. The zero-order valence-electron chi connectivity index (χ0n) is 18.0. The van der Waals surface area contributed by atoms with Crippen LogP contribution >= 0.6 is 11.3 Å². The number of fused-ring (bicyclic) bond motifs is 1. The largest absolute Gasteiger partial charge is 0.467 e. The number of furan rings is 1. The molecule has 0 radical (unpaired) electrons. The normalized spacial score (nSPS) is 16.5. The number of nitrogens with zero attached hydrogens (tertiary/aromatic N) is 4. The first kappa shape index (κ1) is 22.0. The van der Waals surface area contributed by atoms with Crippen molar-refractivity contribution in [3.63, 3.8) is 0 Å². The van der Waals surface area contributed by atoms with E-state index < -0.39 is 0 Å². The van der Waals surface area contributed by atoms with E-state index in [0.29, 0.717) is 27.8 Å². The summed E-state index contributed by atoms with van der Waals surface area (Å²) in [7, 11) is 0. The molecule has 170 valence electrons. The third kappa shape index (κ3) is 4.98. The fourth-order valence-corrected chi connectivity index (χ4v) is 4.66. The number of anilines is 1. The third-order valence-electron chi connectivity index (χ3n) is 5.22. The Balaban J connectivity index is 1.46. The summed E-state index contributed by atoms with van der Waals surface area (Å²) in [5.74, 6) is 0.255. The quantitative estimate of drug-likeness (QED) is 0.550. The van der Waals surface area contributed by atoms with E-state index in [4.69, 9.17) is 4.42 Å². The number of thiazole rings is 1. The molecule has 1 saturated heterocycles. The first-order chi connectivity index (χ1) is 15.4. The van der Waals surface area contributed by atoms with Crippen LogP contribution in [-0.4, -0.2) is 45.5 Å². The van der Waals surface area contributed by atoms with Gasteiger partial charge in [-0.05, 0) is 38.8 Å². The third-order valence-corrected chi connectivity index (χ3v) is 6.31. The van der Waals surface area contributed by atoms with E-state index in [-0.39, 0.29) is 42.4 Å². The molecule has 32 heavy (non-hydrogen) atoms. The highest BCUT2D eigenvalue weighted by Gasteiger charge is 2.28. The summed E-state index contributed by atoms with van der Waals surface area (Å²) in [6, 6.07) is 3.60. The summed E-state index contributed by atoms with van der Waals surface area (Å²) in [6.45, 7) is 5.33. The highest BCUT2D eigenvalue weighted by atomic mass is 32.1. The molecule has 11 heteroatoms. The van der Waals surface area contributed by atoms with Gasteiger partial charge in [0.1, 0.15) is 23.3 Å². The van der Waals surface area contributed by atoms with Gasteiger partial charge in [0.25, 0.3) is 5.56 Å². The van der Waals surface area contributed by atoms with Gasteiger partial charge in [-0.1, -0.05) is 11.3 Å². The van der Waals surface area contributed by atoms with Gasteiger partial charge >= 0.3 is 0 Å². The molecule has 1 aliphatic rings. The molecule has 10 nitrogen and oxygen atoms in total. The van der Waals surface area contributed by atoms with Crippen LogP contribution in [0.3, 0.4) is 0 Å². The Kier molecular flexibility index (Phi) is 6.54. The number of hydrogen-bond donors (Lipinski definition) is 2. The molecule has 0 spiro atoms. The molecule has 1 fully saturated rings. The van der Waals surface area contributed by atoms with Crippen LogP contribution in [0.1, 0.15) is 32.4 Å². The van der Waals surface area contributed by atoms with Crippen LogP contribution in [0, 0.1) is 5.92 Å². The Labute approximate surface area is 188 Å². The number of nitrogens with one attached hydrogen (secondary N) is 2. The van der Waals surface area contributed by atoms with Gasteiger partial charge < -0.3 is 20.0 Å². The minimum Gasteiger partial charge on any atom is -0.467 e. The Morgan fingerprint density at radius 1 is 1.38 bits per heavy atom. The fraction of sp³-hybridized carbons (Fsp3) is 0.476. The maximum absolute atomic E-state index is 12.9. The Bertz CT molecular complexity index is 1150. The van der Waals surface area contributed by atoms with E-state index in [9.17, 15) is 14.4 Å². The Hall–Kier alpha value is -3.21. The van der Waals surface area contributed by atoms with Crippen molar-refractivity contribution in [3.8, 4) is 0 Å². The lowest BCUT2D eigenvalue weighted by Crippen LogP contribution is -2.44. The summed E-state index contributed by atoms with van der Waals surface area (Å²) in [5.41, 5.74) is 0.0500. The second-order valence-corrected chi connectivity index (χ2v) is 9.11. The average molecular weight is 459 g/mol. The standard InChI is InChI=1S/C21H26N6O4S/c1-13(2)24-19(29)14-5-3-7-26(10-14)21-25-18-17(32-21)20(30)27(12-23-18)11-16(28)22-9-15-6-4-8-31-15/h4,6,8,12-14H,3,5,7,9-11H2,1-2H3,(H,22,28)(H,24,29)/t14-/m0/s1. The molecule has 3 aromatic heterocycles. The molecule has 2 N–H and O–H groups in total. The first-order valence-corrected chi connectivity index (χ1v) is 11.4. The molecule has 3 aromatic rings. The minimum atomic E-state index is -0.315. The number of carbonyl (C=O) groups excluding carboxylic acids is 2. The zero-order chi connectivity index (χ0) is 22.7. The van der Waals surface area contributed by atoms with Crippen molar-refractivity contribution in [2.45, 2.75) is 45.8 Å². The molecule has 0 aromatic carbocycles. The lowest BCUT2D eigenvalue weighted by Gasteiger charge is -2.32. The molecule has 2 amide bonds. The molecule has 1 atom stereocenters. The summed E-state index contributed by atoms with van der Waals surface area (Å²) >= 11 is 1.25. The topological polar surface area (TPSA) is 122 Å². The summed E-state index contributed by atoms with van der Waals surface area (Å²) < 4.78 is 6.86. The van der Waals surface area contributed by atoms with Gasteiger partial charge in [0, 0.05) is 19.1 Å². The van der Waals surface area contributed by atoms with Gasteiger partial charge in [-0.2, -0.15) is 4.98 Å². The molecule has 4 rings (SSSR count). The van der Waals surface area contributed by atoms with E-state index in [1.165, 1.54) is 28.5 Å². The van der Waals surface area contributed by atoms with Crippen LogP contribution in [0.5, 0.6) is 0 Å². The summed E-state index contributed by atoms with van der Waals surface area (Å²) in [5, 5.41) is 6.36. The molecule has 1 aliphatic heterocycles. The molecule has 0 unspecified atom stereocenters. The first-order valence-electron chi connectivity index (χ1n) is 10.6. The number of rotatable bonds is 7. The highest BCUT2D eigenvalue weighted by molar-refractivity contribution is 7.22. The van der Waals surface area contributed by atoms with E-state index in [2.05, 4.69) is 20.6 Å². The summed E-state index contributed by atoms with van der Waals surface area (Å²) in [6.07, 6.45) is 4.58. The van der Waals surface area contributed by atoms with Crippen LogP contribution in [-0.2, 0) is 22.7 Å². The number of piperidine rings is 1. The minimum absolute atomic E-state index is 0.0480. The fourth-order valence-electron chi connectivity index (χ4n) is 3.66. The zero-order valence-corrected chi connectivity index (χ0v) is 18.9. The molecular weight excluding hydrogens is 432 g/mol. The molecule has 0 bridgehead atoms. The molecule has 0 saturated carbocycles. The SMILES string of the molecule is CC(C)NC(=O)[C@H]1CCCN(c2nc3ncn(CC(=O)NCc4ccco4)c(=O)c3s2)C1. The van der Waals surface area contributed by atoms with Gasteiger partial charge in [-0.3, -0.25) is 19.0 Å². The van der Waals surface area contributed by atoms with Gasteiger partial charge in [0.15, 0.2) is 10.8 Å². The van der Waals surface area contributed by atoms with E-state index >= 15 is 0 Å². The van der Waals surface area contributed by atoms with Gasteiger partial charge in [0.05, 0.1) is 18.7 Å². The second-order valence-electron chi connectivity index (χ2n) is 8.13. The van der Waals surface area contributed by atoms with Crippen molar-refractivity contribution >= 4 is 38.6 Å². The maximum Gasteiger partial charge on any atom is 0.273 e. The van der Waals surface area contributed by atoms with E-state index in [1.807, 2.05) is 18.7 Å². The van der Waals surface area contributed by atoms with E-state index in [0.717, 1.165) is 19.4 Å². The predicted molar refractivity (Wildman–Crippen MR) is 120 cm³/mol. The average Bonchev–Trinajstić information content (AvgIpc) is 3.44. The van der Waals surface area contributed by atoms with Crippen LogP contribution in [0.4, 0.5) is 5.13 Å². The van der Waals surface area contributed by atoms with Crippen molar-refractivity contribution < 1.29 is 14.0 Å². The Morgan fingerprint density at radius 3 is 2.97 bits per heavy atom. The van der Waals surface area contributed by atoms with Crippen molar-refractivity contribution in [1.29, 1.82) is 0 Å². The summed E-state index contributed by atoms with van der Waals surface area (Å²) in [4.78, 5) is 48.4. The predicted octanol–water partition coefficient (Wildman–Crippen LogP) is 1.50. The van der Waals surface area contributed by atoms with Gasteiger partial charge in [-0.15, -0.1) is 0 Å². The number of carbonyl (C=O) groups is 2. The number of amides is 2. The highest BCUT2D eigenvalue weighted by Crippen LogP contribution is 2.29. The Morgan fingerprint density at radius 2 is 2.22 bits per heavy atom. The lowest BCUT2D eigenvalue weighted by molar-refractivity contribution is -0.125. The van der Waals surface area contributed by atoms with Crippen molar-refractivity contribution in [3.05, 3.63) is 40.8 Å². The number of aromatic nitrogens is 3. The molecule has 0 aliphatic carbocycles. The maximum atomic E-state index is 12.9. The lowest BCUT2D eigenvalue weighted by atomic mass is 9.97. The monoisotopic (exact) mass is 458 g/mol. The van der Waals surface area contributed by atoms with Gasteiger partial charge in [-0.25, -0.2) is 4.98 Å². The van der Waals surface area contributed by atoms with Crippen molar-refractivity contribution in [2.24, 2.45) is 5.92 Å². The van der Waals surface area contributed by atoms with Gasteiger partial charge in [0.2, 0.25) is 11.8 Å². The van der Waals surface area contributed by atoms with Crippen LogP contribution in [0.25, 0.3) is 10.3 Å². The smallest absolute Gasteiger partial charge is 0.273 e. The second kappa shape index (κ2) is 9.51. The van der Waals surface area contributed by atoms with Crippen LogP contribution in [0.15, 0.2) is 33.9 Å². The van der Waals surface area contributed by atoms with E-state index in [1.54, 1.807) is 12.1 Å². The van der Waals surface area contributed by atoms with Crippen molar-refractivity contribution in [2.75, 3.05) is 18.0 Å². The molecule has 4 heterocycles. The van der Waals surface area contributed by atoms with Crippen LogP contribution in [0.2, 0.25) is 0 Å².